The fraction of sp³-hybridized carbons (Fsp3) is 0.0667. The Bertz CT molecular complexity index is 546. The van der Waals surface area contributed by atoms with Crippen LogP contribution in [0, 0.1) is 5.82 Å². The van der Waals surface area contributed by atoms with Gasteiger partial charge in [-0.1, -0.05) is 36.9 Å². The molecule has 2 rings (SSSR count). The average molecular weight is 228 g/mol. The minimum atomic E-state index is -0.257. The molecule has 0 unspecified atom stereocenters. The van der Waals surface area contributed by atoms with Crippen LogP contribution in [0.4, 0.5) is 4.39 Å². The highest BCUT2D eigenvalue weighted by molar-refractivity contribution is 5.73. The zero-order valence-electron chi connectivity index (χ0n) is 9.61. The van der Waals surface area contributed by atoms with E-state index in [2.05, 4.69) is 6.58 Å². The van der Waals surface area contributed by atoms with Gasteiger partial charge in [0, 0.05) is 11.1 Å². The van der Waals surface area contributed by atoms with Crippen molar-refractivity contribution in [1.82, 2.24) is 0 Å². The van der Waals surface area contributed by atoms with Crippen molar-refractivity contribution in [2.24, 2.45) is 0 Å². The number of hydrogen-bond acceptors (Lipinski definition) is 1. The molecule has 2 aromatic rings. The van der Waals surface area contributed by atoms with Crippen LogP contribution >= 0.6 is 0 Å². The highest BCUT2D eigenvalue weighted by Crippen LogP contribution is 2.32. The van der Waals surface area contributed by atoms with Gasteiger partial charge in [0.1, 0.15) is 11.6 Å². The van der Waals surface area contributed by atoms with Crippen molar-refractivity contribution >= 4 is 6.08 Å². The maximum Gasteiger partial charge on any atom is 0.131 e. The van der Waals surface area contributed by atoms with Crippen LogP contribution in [0.25, 0.3) is 17.2 Å². The largest absolute Gasteiger partial charge is 0.496 e. The minimum Gasteiger partial charge on any atom is -0.496 e. The second-order valence-corrected chi connectivity index (χ2v) is 3.64. The molecule has 0 heterocycles. The van der Waals surface area contributed by atoms with Crippen LogP contribution in [0.15, 0.2) is 49.0 Å². The number of benzene rings is 2. The van der Waals surface area contributed by atoms with Gasteiger partial charge in [0.15, 0.2) is 0 Å². The van der Waals surface area contributed by atoms with Gasteiger partial charge < -0.3 is 4.74 Å². The number of hydrogen-bond donors (Lipinski definition) is 0. The van der Waals surface area contributed by atoms with Crippen molar-refractivity contribution in [3.63, 3.8) is 0 Å². The van der Waals surface area contributed by atoms with Crippen LogP contribution < -0.4 is 4.74 Å². The molecule has 0 radical (unpaired) electrons. The van der Waals surface area contributed by atoms with Gasteiger partial charge in [-0.05, 0) is 23.8 Å². The van der Waals surface area contributed by atoms with Crippen molar-refractivity contribution < 1.29 is 9.13 Å². The van der Waals surface area contributed by atoms with Crippen molar-refractivity contribution in [1.29, 1.82) is 0 Å². The van der Waals surface area contributed by atoms with Crippen LogP contribution in [0.5, 0.6) is 5.75 Å². The lowest BCUT2D eigenvalue weighted by atomic mass is 10.0. The molecular weight excluding hydrogens is 215 g/mol. The number of methoxy groups -OCH3 is 1. The van der Waals surface area contributed by atoms with Gasteiger partial charge in [0.05, 0.1) is 7.11 Å². The monoisotopic (exact) mass is 228 g/mol. The second-order valence-electron chi connectivity index (χ2n) is 3.64. The average Bonchev–Trinajstić information content (AvgIpc) is 2.38. The first-order valence-corrected chi connectivity index (χ1v) is 5.31. The van der Waals surface area contributed by atoms with Crippen LogP contribution in [-0.2, 0) is 0 Å². The lowest BCUT2D eigenvalue weighted by molar-refractivity contribution is 0.416. The summed E-state index contributed by atoms with van der Waals surface area (Å²) in [5, 5.41) is 0. The van der Waals surface area contributed by atoms with Crippen molar-refractivity contribution in [3.8, 4) is 16.9 Å². The molecule has 0 aliphatic heterocycles. The quantitative estimate of drug-likeness (QED) is 0.767. The molecule has 0 aromatic heterocycles. The molecule has 0 aliphatic rings. The van der Waals surface area contributed by atoms with Gasteiger partial charge in [-0.15, -0.1) is 0 Å². The third-order valence-electron chi connectivity index (χ3n) is 2.62. The lowest BCUT2D eigenvalue weighted by Crippen LogP contribution is -1.91. The van der Waals surface area contributed by atoms with E-state index in [1.807, 2.05) is 18.2 Å². The van der Waals surface area contributed by atoms with E-state index < -0.39 is 0 Å². The van der Waals surface area contributed by atoms with Gasteiger partial charge >= 0.3 is 0 Å². The van der Waals surface area contributed by atoms with Crippen LogP contribution in [0.2, 0.25) is 0 Å². The molecule has 0 amide bonds. The number of rotatable bonds is 3. The molecule has 1 nitrogen and oxygen atoms in total. The summed E-state index contributed by atoms with van der Waals surface area (Å²) in [7, 11) is 1.58. The van der Waals surface area contributed by atoms with Crippen LogP contribution in [0.3, 0.4) is 0 Å². The Balaban J connectivity index is 2.64. The Morgan fingerprint density at radius 3 is 2.53 bits per heavy atom. The fourth-order valence-corrected chi connectivity index (χ4v) is 1.74. The third-order valence-corrected chi connectivity index (χ3v) is 2.62. The first kappa shape index (κ1) is 11.4. The SMILES string of the molecule is C=Cc1ccc(OC)c(-c2ccccc2F)c1. The molecule has 0 aliphatic carbocycles. The smallest absolute Gasteiger partial charge is 0.131 e. The molecular formula is C15H13FO. The zero-order valence-corrected chi connectivity index (χ0v) is 9.61. The highest BCUT2D eigenvalue weighted by atomic mass is 19.1. The van der Waals surface area contributed by atoms with E-state index in [1.165, 1.54) is 6.07 Å². The molecule has 0 fully saturated rings. The van der Waals surface area contributed by atoms with E-state index in [4.69, 9.17) is 4.74 Å². The molecule has 0 atom stereocenters. The number of halogens is 1. The van der Waals surface area contributed by atoms with Gasteiger partial charge in [-0.3, -0.25) is 0 Å². The normalized spacial score (nSPS) is 10.0. The molecule has 17 heavy (non-hydrogen) atoms. The van der Waals surface area contributed by atoms with E-state index in [0.29, 0.717) is 11.3 Å². The van der Waals surface area contributed by atoms with Gasteiger partial charge in [0.2, 0.25) is 0 Å². The van der Waals surface area contributed by atoms with Crippen LogP contribution in [0.1, 0.15) is 5.56 Å². The molecule has 2 heteroatoms. The summed E-state index contributed by atoms with van der Waals surface area (Å²) in [5.41, 5.74) is 2.21. The molecule has 0 N–H and O–H groups in total. The van der Waals surface area contributed by atoms with E-state index in [0.717, 1.165) is 11.1 Å². The standard InChI is InChI=1S/C15H13FO/c1-3-11-8-9-15(17-2)13(10-11)12-6-4-5-7-14(12)16/h3-10H,1H2,2H3. The van der Waals surface area contributed by atoms with Gasteiger partial charge in [0.25, 0.3) is 0 Å². The summed E-state index contributed by atoms with van der Waals surface area (Å²) in [6.07, 6.45) is 1.73. The molecule has 0 bridgehead atoms. The minimum absolute atomic E-state index is 0.257. The number of ether oxygens (including phenoxy) is 1. The first-order valence-electron chi connectivity index (χ1n) is 5.31. The summed E-state index contributed by atoms with van der Waals surface area (Å²) in [6.45, 7) is 3.71. The summed E-state index contributed by atoms with van der Waals surface area (Å²) >= 11 is 0. The molecule has 0 saturated heterocycles. The lowest BCUT2D eigenvalue weighted by Gasteiger charge is -2.10. The predicted molar refractivity (Wildman–Crippen MR) is 68.5 cm³/mol. The van der Waals surface area contributed by atoms with Crippen molar-refractivity contribution in [2.45, 2.75) is 0 Å². The Kier molecular flexibility index (Phi) is 3.24. The third kappa shape index (κ3) is 2.21. The summed E-state index contributed by atoms with van der Waals surface area (Å²) in [6, 6.07) is 12.2. The van der Waals surface area contributed by atoms with E-state index in [-0.39, 0.29) is 5.82 Å². The maximum absolute atomic E-state index is 13.7. The zero-order chi connectivity index (χ0) is 12.3. The van der Waals surface area contributed by atoms with E-state index in [9.17, 15) is 4.39 Å². The summed E-state index contributed by atoms with van der Waals surface area (Å²) in [4.78, 5) is 0. The fourth-order valence-electron chi connectivity index (χ4n) is 1.74. The first-order chi connectivity index (χ1) is 8.26. The second kappa shape index (κ2) is 4.83. The molecule has 86 valence electrons. The summed E-state index contributed by atoms with van der Waals surface area (Å²) in [5.74, 6) is 0.396. The van der Waals surface area contributed by atoms with Gasteiger partial charge in [-0.2, -0.15) is 0 Å². The predicted octanol–water partition coefficient (Wildman–Crippen LogP) is 4.14. The maximum atomic E-state index is 13.7. The summed E-state index contributed by atoms with van der Waals surface area (Å²) < 4.78 is 19.0. The molecule has 0 saturated carbocycles. The Morgan fingerprint density at radius 1 is 1.12 bits per heavy atom. The van der Waals surface area contributed by atoms with E-state index >= 15 is 0 Å². The Hall–Kier alpha value is -2.09. The Labute approximate surface area is 100 Å². The van der Waals surface area contributed by atoms with Crippen molar-refractivity contribution in [3.05, 3.63) is 60.4 Å². The molecule has 2 aromatic carbocycles. The highest BCUT2D eigenvalue weighted by Gasteiger charge is 2.10. The molecule has 0 spiro atoms. The van der Waals surface area contributed by atoms with Crippen molar-refractivity contribution in [2.75, 3.05) is 7.11 Å². The Morgan fingerprint density at radius 2 is 1.88 bits per heavy atom. The van der Waals surface area contributed by atoms with Crippen LogP contribution in [-0.4, -0.2) is 7.11 Å². The topological polar surface area (TPSA) is 9.23 Å². The van der Waals surface area contributed by atoms with Gasteiger partial charge in [-0.25, -0.2) is 4.39 Å². The van der Waals surface area contributed by atoms with E-state index in [1.54, 1.807) is 31.4 Å².